The quantitative estimate of drug-likeness (QED) is 0.299. The van der Waals surface area contributed by atoms with E-state index in [2.05, 4.69) is 20.6 Å². The highest BCUT2D eigenvalue weighted by Crippen LogP contribution is 2.40. The third-order valence-electron chi connectivity index (χ3n) is 6.14. The number of benzene rings is 1. The molecular formula is C23H29N5O6. The van der Waals surface area contributed by atoms with Crippen LogP contribution in [0.3, 0.4) is 0 Å². The molecule has 0 saturated heterocycles. The van der Waals surface area contributed by atoms with Crippen molar-refractivity contribution in [3.05, 3.63) is 41.0 Å². The molecule has 1 amide bonds. The zero-order valence-electron chi connectivity index (χ0n) is 18.8. The fourth-order valence-corrected chi connectivity index (χ4v) is 4.18. The lowest BCUT2D eigenvalue weighted by atomic mass is 9.82. The molecule has 0 aliphatic carbocycles. The maximum Gasteiger partial charge on any atom is 0.326 e. The van der Waals surface area contributed by atoms with Gasteiger partial charge in [-0.15, -0.1) is 0 Å². The Kier molecular flexibility index (Phi) is 7.87. The smallest absolute Gasteiger partial charge is 0.326 e. The van der Waals surface area contributed by atoms with Crippen LogP contribution in [0.5, 0.6) is 5.88 Å². The number of hydrogen-bond donors (Lipinski definition) is 6. The molecule has 11 nitrogen and oxygen atoms in total. The molecule has 1 aliphatic rings. The molecule has 11 heteroatoms. The number of carbonyl (C=O) groups is 3. The van der Waals surface area contributed by atoms with Crippen LogP contribution < -0.4 is 16.4 Å². The van der Waals surface area contributed by atoms with Crippen LogP contribution in [0, 0.1) is 5.92 Å². The second-order valence-corrected chi connectivity index (χ2v) is 8.48. The summed E-state index contributed by atoms with van der Waals surface area (Å²) in [4.78, 5) is 42.3. The fraction of sp³-hybridized carbons (Fsp3) is 0.435. The lowest BCUT2D eigenvalue weighted by Gasteiger charge is -2.31. The van der Waals surface area contributed by atoms with Crippen molar-refractivity contribution in [3.63, 3.8) is 0 Å². The van der Waals surface area contributed by atoms with Crippen LogP contribution in [0.15, 0.2) is 24.3 Å². The molecule has 7 N–H and O–H groups in total. The average Bonchev–Trinajstić information content (AvgIpc) is 2.77. The summed E-state index contributed by atoms with van der Waals surface area (Å²) >= 11 is 0. The SMILES string of the molecule is CC1c2c(O)nc(N)nc2NCC1CCCc1ccc(C(=O)N[C@@H](CCC(=O)O)C(=O)O)cc1. The number of carboxylic acids is 2. The van der Waals surface area contributed by atoms with Crippen molar-refractivity contribution >= 4 is 29.6 Å². The Bertz CT molecular complexity index is 1060. The molecule has 2 aromatic rings. The van der Waals surface area contributed by atoms with Gasteiger partial charge in [0.25, 0.3) is 5.91 Å². The van der Waals surface area contributed by atoms with Crippen molar-refractivity contribution in [2.75, 3.05) is 17.6 Å². The predicted octanol–water partition coefficient (Wildman–Crippen LogP) is 1.98. The van der Waals surface area contributed by atoms with E-state index >= 15 is 0 Å². The van der Waals surface area contributed by atoms with Crippen molar-refractivity contribution in [2.24, 2.45) is 5.92 Å². The van der Waals surface area contributed by atoms with Gasteiger partial charge in [0.15, 0.2) is 0 Å². The highest BCUT2D eigenvalue weighted by Gasteiger charge is 2.30. The molecule has 1 aromatic carbocycles. The Balaban J connectivity index is 1.51. The van der Waals surface area contributed by atoms with E-state index in [1.54, 1.807) is 12.1 Å². The molecule has 2 heterocycles. The number of hydrogen-bond acceptors (Lipinski definition) is 8. The first-order valence-corrected chi connectivity index (χ1v) is 11.1. The Labute approximate surface area is 196 Å². The van der Waals surface area contributed by atoms with Crippen LogP contribution in [0.25, 0.3) is 0 Å². The molecule has 0 bridgehead atoms. The normalized spacial score (nSPS) is 17.8. The number of nitrogens with zero attached hydrogens (tertiary/aromatic N) is 2. The third-order valence-corrected chi connectivity index (χ3v) is 6.14. The molecule has 34 heavy (non-hydrogen) atoms. The highest BCUT2D eigenvalue weighted by molar-refractivity contribution is 5.96. The van der Waals surface area contributed by atoms with E-state index in [4.69, 9.17) is 10.8 Å². The van der Waals surface area contributed by atoms with Crippen LogP contribution in [0.2, 0.25) is 0 Å². The van der Waals surface area contributed by atoms with Gasteiger partial charge in [-0.2, -0.15) is 9.97 Å². The first-order chi connectivity index (χ1) is 16.2. The third kappa shape index (κ3) is 6.12. The Morgan fingerprint density at radius 3 is 2.56 bits per heavy atom. The molecule has 0 saturated carbocycles. The minimum absolute atomic E-state index is 0.0327. The molecule has 3 rings (SSSR count). The molecule has 182 valence electrons. The van der Waals surface area contributed by atoms with Crippen LogP contribution >= 0.6 is 0 Å². The molecule has 1 aromatic heterocycles. The van der Waals surface area contributed by atoms with Gasteiger partial charge < -0.3 is 31.7 Å². The van der Waals surface area contributed by atoms with E-state index in [-0.39, 0.29) is 36.5 Å². The topological polar surface area (TPSA) is 188 Å². The highest BCUT2D eigenvalue weighted by atomic mass is 16.4. The number of anilines is 2. The largest absolute Gasteiger partial charge is 0.493 e. The van der Waals surface area contributed by atoms with Crippen molar-refractivity contribution in [2.45, 2.75) is 51.0 Å². The van der Waals surface area contributed by atoms with Gasteiger partial charge in [-0.3, -0.25) is 9.59 Å². The molecule has 0 radical (unpaired) electrons. The lowest BCUT2D eigenvalue weighted by Crippen LogP contribution is -2.41. The number of aromatic nitrogens is 2. The summed E-state index contributed by atoms with van der Waals surface area (Å²) in [5.41, 5.74) is 7.63. The first kappa shape index (κ1) is 24.7. The monoisotopic (exact) mass is 471 g/mol. The van der Waals surface area contributed by atoms with Gasteiger partial charge in [-0.05, 0) is 55.2 Å². The summed E-state index contributed by atoms with van der Waals surface area (Å²) in [6, 6.07) is 5.63. The van der Waals surface area contributed by atoms with Crippen LogP contribution in [-0.4, -0.2) is 55.7 Å². The van der Waals surface area contributed by atoms with Crippen LogP contribution in [0.1, 0.15) is 60.0 Å². The predicted molar refractivity (Wildman–Crippen MR) is 124 cm³/mol. The fourth-order valence-electron chi connectivity index (χ4n) is 4.18. The minimum atomic E-state index is -1.27. The van der Waals surface area contributed by atoms with Gasteiger partial charge in [0.1, 0.15) is 11.9 Å². The summed E-state index contributed by atoms with van der Waals surface area (Å²) in [5, 5.41) is 33.7. The number of aliphatic carboxylic acids is 2. The van der Waals surface area contributed by atoms with E-state index in [1.807, 2.05) is 19.1 Å². The van der Waals surface area contributed by atoms with Gasteiger partial charge in [0.05, 0.1) is 5.56 Å². The number of nitrogen functional groups attached to an aromatic ring is 1. The number of amides is 1. The van der Waals surface area contributed by atoms with Crippen molar-refractivity contribution in [1.82, 2.24) is 15.3 Å². The Morgan fingerprint density at radius 1 is 1.21 bits per heavy atom. The average molecular weight is 472 g/mol. The Morgan fingerprint density at radius 2 is 1.91 bits per heavy atom. The number of nitrogens with two attached hydrogens (primary N) is 1. The van der Waals surface area contributed by atoms with E-state index in [0.29, 0.717) is 16.9 Å². The molecule has 0 fully saturated rings. The van der Waals surface area contributed by atoms with Gasteiger partial charge in [0, 0.05) is 18.5 Å². The number of fused-ring (bicyclic) bond motifs is 1. The number of rotatable bonds is 10. The molecule has 3 atom stereocenters. The van der Waals surface area contributed by atoms with Crippen molar-refractivity contribution in [1.29, 1.82) is 0 Å². The molecule has 2 unspecified atom stereocenters. The maximum absolute atomic E-state index is 12.4. The van der Waals surface area contributed by atoms with E-state index in [1.165, 1.54) is 0 Å². The van der Waals surface area contributed by atoms with Crippen molar-refractivity contribution in [3.8, 4) is 5.88 Å². The lowest BCUT2D eigenvalue weighted by molar-refractivity contribution is -0.140. The van der Waals surface area contributed by atoms with Gasteiger partial charge >= 0.3 is 11.9 Å². The summed E-state index contributed by atoms with van der Waals surface area (Å²) in [6.45, 7) is 2.76. The molecule has 0 spiro atoms. The zero-order chi connectivity index (χ0) is 24.8. The van der Waals surface area contributed by atoms with E-state index in [0.717, 1.165) is 31.4 Å². The summed E-state index contributed by atoms with van der Waals surface area (Å²) in [7, 11) is 0. The first-order valence-electron chi connectivity index (χ1n) is 11.1. The summed E-state index contributed by atoms with van der Waals surface area (Å²) < 4.78 is 0. The van der Waals surface area contributed by atoms with Crippen molar-refractivity contribution < 1.29 is 29.7 Å². The van der Waals surface area contributed by atoms with Crippen LogP contribution in [-0.2, 0) is 16.0 Å². The summed E-state index contributed by atoms with van der Waals surface area (Å²) in [5.74, 6) is -2.07. The minimum Gasteiger partial charge on any atom is -0.493 e. The molecular weight excluding hydrogens is 442 g/mol. The summed E-state index contributed by atoms with van der Waals surface area (Å²) in [6.07, 6.45) is 2.05. The van der Waals surface area contributed by atoms with E-state index < -0.39 is 23.9 Å². The second kappa shape index (κ2) is 10.8. The number of carbonyl (C=O) groups excluding carboxylic acids is 1. The Hall–Kier alpha value is -3.89. The zero-order valence-corrected chi connectivity index (χ0v) is 18.8. The van der Waals surface area contributed by atoms with E-state index in [9.17, 15) is 24.6 Å². The standard InChI is InChI=1S/C23H29N5O6/c1-12-15(11-25-19-18(12)21(32)28-23(24)27-19)4-2-3-13-5-7-14(8-6-13)20(31)26-16(22(33)34)9-10-17(29)30/h5-8,12,15-16H,2-4,9-11H2,1H3,(H,26,31)(H,29,30)(H,33,34)(H4,24,25,27,28,32)/t12?,15?,16-/m0/s1. The second-order valence-electron chi connectivity index (χ2n) is 8.48. The van der Waals surface area contributed by atoms with Crippen LogP contribution in [0.4, 0.5) is 11.8 Å². The number of nitrogens with one attached hydrogen (secondary N) is 2. The number of aromatic hydroxyl groups is 1. The number of aryl methyl sites for hydroxylation is 1. The van der Waals surface area contributed by atoms with Gasteiger partial charge in [0.2, 0.25) is 11.8 Å². The van der Waals surface area contributed by atoms with Gasteiger partial charge in [-0.25, -0.2) is 4.79 Å². The number of carboxylic acid groups (broad SMARTS) is 2. The van der Waals surface area contributed by atoms with Gasteiger partial charge in [-0.1, -0.05) is 19.1 Å². The molecule has 1 aliphatic heterocycles. The maximum atomic E-state index is 12.4.